The summed E-state index contributed by atoms with van der Waals surface area (Å²) < 4.78 is 64.6. The van der Waals surface area contributed by atoms with Crippen LogP contribution in [-0.4, -0.2) is 21.4 Å². The maximum Gasteiger partial charge on any atom is 0.339 e. The monoisotopic (exact) mass is 682 g/mol. The van der Waals surface area contributed by atoms with E-state index in [4.69, 9.17) is 4.18 Å². The maximum atomic E-state index is 12.5. The molecule has 0 bridgehead atoms. The van der Waals surface area contributed by atoms with Crippen LogP contribution in [0.15, 0.2) is 158 Å². The first-order valence-electron chi connectivity index (χ1n) is 14.7. The normalized spacial score (nSPS) is 11.6. The Kier molecular flexibility index (Phi) is 10.2. The Hall–Kier alpha value is -4.41. The molecule has 0 radical (unpaired) electrons. The Morgan fingerprint density at radius 1 is 0.511 bits per heavy atom. The van der Waals surface area contributed by atoms with Crippen molar-refractivity contribution in [2.45, 2.75) is 52.2 Å². The largest absolute Gasteiger partial charge is 0.744 e. The molecule has 0 aliphatic rings. The molecule has 0 aliphatic heterocycles. The standard InChI is InChI=1S/C21H21S.C17H14O6S2/c1-16-4-10-19(11-5-16)22(20-12-6-17(2)7-13-20)21-14-8-18(3)9-15-21;1-12-8-10-14(11-9-12)25(21,22)23-15-6-2-4-13-5-3-7-16(17(13)15)24(18,19)20/h4-15H,1-3H3;2-11H,1H3,(H,18,19,20)/q+1;/p-1. The van der Waals surface area contributed by atoms with Gasteiger partial charge in [-0.25, -0.2) is 8.42 Å². The van der Waals surface area contributed by atoms with Gasteiger partial charge in [0.15, 0.2) is 20.4 Å². The Balaban J connectivity index is 0.000000186. The zero-order valence-corrected chi connectivity index (χ0v) is 28.8. The van der Waals surface area contributed by atoms with E-state index < -0.39 is 25.1 Å². The quantitative estimate of drug-likeness (QED) is 0.0951. The van der Waals surface area contributed by atoms with Gasteiger partial charge in [0, 0.05) is 5.39 Å². The molecular formula is C38H34O6S3. The minimum Gasteiger partial charge on any atom is -0.744 e. The lowest BCUT2D eigenvalue weighted by Gasteiger charge is -2.14. The molecule has 0 unspecified atom stereocenters. The van der Waals surface area contributed by atoms with Gasteiger partial charge in [-0.2, -0.15) is 8.42 Å². The minimum absolute atomic E-state index is 0.0394. The Bertz CT molecular complexity index is 2100. The van der Waals surface area contributed by atoms with Gasteiger partial charge in [-0.1, -0.05) is 95.1 Å². The number of hydrogen-bond acceptors (Lipinski definition) is 6. The second kappa shape index (κ2) is 14.1. The molecule has 0 aromatic heterocycles. The third-order valence-electron chi connectivity index (χ3n) is 7.38. The first-order chi connectivity index (χ1) is 22.3. The SMILES string of the molecule is Cc1ccc(S(=O)(=O)Oc2cccc3cccc(S(=O)(=O)[O-])c23)cc1.Cc1ccc([S+](c2ccc(C)cc2)c2ccc(C)cc2)cc1. The molecule has 6 nitrogen and oxygen atoms in total. The zero-order valence-electron chi connectivity index (χ0n) is 26.4. The highest BCUT2D eigenvalue weighted by Crippen LogP contribution is 2.34. The van der Waals surface area contributed by atoms with Crippen LogP contribution in [-0.2, 0) is 31.1 Å². The van der Waals surface area contributed by atoms with Crippen molar-refractivity contribution < 1.29 is 25.6 Å². The fraction of sp³-hybridized carbons (Fsp3) is 0.105. The number of benzene rings is 6. The van der Waals surface area contributed by atoms with Crippen molar-refractivity contribution in [3.63, 3.8) is 0 Å². The topological polar surface area (TPSA) is 101 Å². The lowest BCUT2D eigenvalue weighted by Crippen LogP contribution is -2.11. The first-order valence-corrected chi connectivity index (χ1v) is 18.8. The summed E-state index contributed by atoms with van der Waals surface area (Å²) in [5, 5.41) is 0.323. The van der Waals surface area contributed by atoms with Gasteiger partial charge >= 0.3 is 10.1 Å². The average Bonchev–Trinajstić information content (AvgIpc) is 3.04. The summed E-state index contributed by atoms with van der Waals surface area (Å²) in [4.78, 5) is 3.52. The van der Waals surface area contributed by atoms with E-state index in [2.05, 4.69) is 93.6 Å². The molecule has 9 heteroatoms. The van der Waals surface area contributed by atoms with Gasteiger partial charge in [0.25, 0.3) is 0 Å². The van der Waals surface area contributed by atoms with Crippen LogP contribution in [0.25, 0.3) is 10.8 Å². The van der Waals surface area contributed by atoms with E-state index in [1.54, 1.807) is 24.3 Å². The van der Waals surface area contributed by atoms with Crippen molar-refractivity contribution in [2.75, 3.05) is 0 Å². The van der Waals surface area contributed by atoms with Crippen molar-refractivity contribution in [3.8, 4) is 5.75 Å². The summed E-state index contributed by atoms with van der Waals surface area (Å²) in [6, 6.07) is 41.3. The Morgan fingerprint density at radius 2 is 0.894 bits per heavy atom. The van der Waals surface area contributed by atoms with Crippen molar-refractivity contribution in [2.24, 2.45) is 0 Å². The van der Waals surface area contributed by atoms with Crippen LogP contribution in [0.3, 0.4) is 0 Å². The van der Waals surface area contributed by atoms with E-state index in [9.17, 15) is 21.4 Å². The Labute approximate surface area is 279 Å². The summed E-state index contributed by atoms with van der Waals surface area (Å²) >= 11 is 0. The van der Waals surface area contributed by atoms with Gasteiger partial charge in [-0.3, -0.25) is 0 Å². The molecule has 6 aromatic rings. The predicted molar refractivity (Wildman–Crippen MR) is 187 cm³/mol. The van der Waals surface area contributed by atoms with Crippen molar-refractivity contribution in [3.05, 3.63) is 156 Å². The van der Waals surface area contributed by atoms with Gasteiger partial charge in [0.1, 0.15) is 15.0 Å². The highest BCUT2D eigenvalue weighted by Gasteiger charge is 2.28. The van der Waals surface area contributed by atoms with Crippen molar-refractivity contribution in [1.29, 1.82) is 0 Å². The van der Waals surface area contributed by atoms with Gasteiger partial charge < -0.3 is 8.74 Å². The molecule has 0 saturated carbocycles. The molecule has 0 fully saturated rings. The van der Waals surface area contributed by atoms with Crippen LogP contribution in [0.1, 0.15) is 22.3 Å². The average molecular weight is 683 g/mol. The second-order valence-electron chi connectivity index (χ2n) is 11.2. The van der Waals surface area contributed by atoms with Crippen LogP contribution in [0.4, 0.5) is 0 Å². The lowest BCUT2D eigenvalue weighted by atomic mass is 10.1. The van der Waals surface area contributed by atoms with Gasteiger partial charge in [0.2, 0.25) is 0 Å². The number of rotatable bonds is 7. The van der Waals surface area contributed by atoms with E-state index in [0.29, 0.717) is 5.39 Å². The van der Waals surface area contributed by atoms with Crippen LogP contribution in [0, 0.1) is 27.7 Å². The lowest BCUT2D eigenvalue weighted by molar-refractivity contribution is 0.462. The molecule has 0 heterocycles. The van der Waals surface area contributed by atoms with Crippen LogP contribution >= 0.6 is 0 Å². The predicted octanol–water partition coefficient (Wildman–Crippen LogP) is 8.53. The van der Waals surface area contributed by atoms with Crippen molar-refractivity contribution in [1.82, 2.24) is 0 Å². The molecule has 0 aliphatic carbocycles. The summed E-state index contributed by atoms with van der Waals surface area (Å²) in [6.45, 7) is 8.23. The molecule has 0 saturated heterocycles. The number of fused-ring (bicyclic) bond motifs is 1. The fourth-order valence-electron chi connectivity index (χ4n) is 4.85. The second-order valence-corrected chi connectivity index (χ2v) is 16.1. The molecule has 47 heavy (non-hydrogen) atoms. The van der Waals surface area contributed by atoms with E-state index >= 15 is 0 Å². The fourth-order valence-corrected chi connectivity index (χ4v) is 8.55. The summed E-state index contributed by atoms with van der Waals surface area (Å²) in [7, 11) is -9.02. The van der Waals surface area contributed by atoms with Crippen LogP contribution in [0.2, 0.25) is 0 Å². The van der Waals surface area contributed by atoms with Gasteiger partial charge in [0.05, 0.1) is 15.8 Å². The maximum absolute atomic E-state index is 12.5. The summed E-state index contributed by atoms with van der Waals surface area (Å²) in [6.07, 6.45) is 0. The third kappa shape index (κ3) is 8.31. The number of hydrogen-bond donors (Lipinski definition) is 0. The molecule has 0 spiro atoms. The smallest absolute Gasteiger partial charge is 0.339 e. The van der Waals surface area contributed by atoms with Crippen molar-refractivity contribution >= 4 is 41.9 Å². The van der Waals surface area contributed by atoms with Gasteiger partial charge in [-0.15, -0.1) is 0 Å². The summed E-state index contributed by atoms with van der Waals surface area (Å²) in [5.74, 6) is -0.215. The third-order valence-corrected chi connectivity index (χ3v) is 11.7. The molecule has 0 atom stereocenters. The minimum atomic E-state index is -4.80. The first kappa shape index (κ1) is 33.9. The molecule has 6 rings (SSSR count). The Morgan fingerprint density at radius 3 is 1.30 bits per heavy atom. The van der Waals surface area contributed by atoms with Crippen LogP contribution in [0.5, 0.6) is 5.75 Å². The van der Waals surface area contributed by atoms with E-state index in [1.165, 1.54) is 61.7 Å². The molecule has 0 amide bonds. The molecule has 6 aromatic carbocycles. The van der Waals surface area contributed by atoms with E-state index in [0.717, 1.165) is 11.6 Å². The zero-order chi connectivity index (χ0) is 33.8. The molecule has 240 valence electrons. The highest BCUT2D eigenvalue weighted by molar-refractivity contribution is 7.97. The van der Waals surface area contributed by atoms with Gasteiger partial charge in [-0.05, 0) is 93.7 Å². The summed E-state index contributed by atoms with van der Waals surface area (Å²) in [5.41, 5.74) is 4.80. The highest BCUT2D eigenvalue weighted by atomic mass is 32.2. The molecule has 0 N–H and O–H groups in total. The molecular weight excluding hydrogens is 649 g/mol. The number of aryl methyl sites for hydroxylation is 4. The van der Waals surface area contributed by atoms with Crippen LogP contribution < -0.4 is 4.18 Å². The van der Waals surface area contributed by atoms with E-state index in [-0.39, 0.29) is 26.9 Å². The van der Waals surface area contributed by atoms with E-state index in [1.807, 2.05) is 6.92 Å².